The Kier molecular flexibility index (Phi) is 8.05. The third-order valence-electron chi connectivity index (χ3n) is 5.21. The van der Waals surface area contributed by atoms with E-state index in [-0.39, 0.29) is 48.9 Å². The van der Waals surface area contributed by atoms with Crippen molar-refractivity contribution in [1.82, 2.24) is 0 Å². The van der Waals surface area contributed by atoms with Gasteiger partial charge in [0, 0.05) is 6.07 Å². The number of hydrogen-bond acceptors (Lipinski definition) is 5. The van der Waals surface area contributed by atoms with E-state index in [1.54, 1.807) is 0 Å². The SMILES string of the molecule is O=C(O)c1cc(Oc2ccc(S(=O)(=O)Nc3ccc(F)c(F)c3)cc2)ccc1NC(=O)c1cccc(Cl)c1Cl. The number of carboxylic acid groups (broad SMARTS) is 1. The lowest BCUT2D eigenvalue weighted by Gasteiger charge is -2.13. The first-order chi connectivity index (χ1) is 18.4. The molecule has 0 aliphatic rings. The summed E-state index contributed by atoms with van der Waals surface area (Å²) in [5.74, 6) is -4.10. The maximum absolute atomic E-state index is 13.4. The molecular weight excluding hydrogens is 577 g/mol. The molecule has 0 radical (unpaired) electrons. The largest absolute Gasteiger partial charge is 0.478 e. The summed E-state index contributed by atoms with van der Waals surface area (Å²) in [5.41, 5.74) is -0.426. The fourth-order valence-corrected chi connectivity index (χ4v) is 4.77. The summed E-state index contributed by atoms with van der Waals surface area (Å²) < 4.78 is 59.4. The van der Waals surface area contributed by atoms with Crippen molar-refractivity contribution >= 4 is 56.5 Å². The second kappa shape index (κ2) is 11.3. The number of ether oxygens (including phenoxy) is 1. The highest BCUT2D eigenvalue weighted by atomic mass is 35.5. The summed E-state index contributed by atoms with van der Waals surface area (Å²) in [6.45, 7) is 0. The normalized spacial score (nSPS) is 11.1. The van der Waals surface area contributed by atoms with E-state index in [1.807, 2.05) is 0 Å². The number of aromatic carboxylic acids is 1. The highest BCUT2D eigenvalue weighted by Crippen LogP contribution is 2.30. The van der Waals surface area contributed by atoms with Gasteiger partial charge in [0.15, 0.2) is 11.6 Å². The molecule has 13 heteroatoms. The van der Waals surface area contributed by atoms with E-state index >= 15 is 0 Å². The molecule has 0 aliphatic heterocycles. The zero-order chi connectivity index (χ0) is 28.3. The minimum Gasteiger partial charge on any atom is -0.478 e. The predicted molar refractivity (Wildman–Crippen MR) is 141 cm³/mol. The topological polar surface area (TPSA) is 122 Å². The molecule has 4 aromatic carbocycles. The van der Waals surface area contributed by atoms with E-state index in [0.29, 0.717) is 6.07 Å². The average Bonchev–Trinajstić information content (AvgIpc) is 2.88. The lowest BCUT2D eigenvalue weighted by molar-refractivity contribution is 0.0697. The van der Waals surface area contributed by atoms with E-state index < -0.39 is 33.5 Å². The first-order valence-electron chi connectivity index (χ1n) is 10.8. The summed E-state index contributed by atoms with van der Waals surface area (Å²) in [6, 6.07) is 16.0. The van der Waals surface area contributed by atoms with Crippen LogP contribution in [0.1, 0.15) is 20.7 Å². The minimum atomic E-state index is -4.13. The van der Waals surface area contributed by atoms with Gasteiger partial charge in [-0.2, -0.15) is 0 Å². The molecule has 4 rings (SSSR count). The smallest absolute Gasteiger partial charge is 0.337 e. The monoisotopic (exact) mass is 592 g/mol. The molecule has 0 atom stereocenters. The summed E-state index contributed by atoms with van der Waals surface area (Å²) >= 11 is 12.0. The van der Waals surface area contributed by atoms with Crippen molar-refractivity contribution in [3.8, 4) is 11.5 Å². The van der Waals surface area contributed by atoms with E-state index in [0.717, 1.165) is 12.1 Å². The van der Waals surface area contributed by atoms with Crippen LogP contribution in [0.25, 0.3) is 0 Å². The second-order valence-corrected chi connectivity index (χ2v) is 10.3. The van der Waals surface area contributed by atoms with Gasteiger partial charge in [-0.15, -0.1) is 0 Å². The van der Waals surface area contributed by atoms with Crippen molar-refractivity contribution in [2.75, 3.05) is 10.0 Å². The van der Waals surface area contributed by atoms with Crippen molar-refractivity contribution in [3.05, 3.63) is 112 Å². The highest BCUT2D eigenvalue weighted by molar-refractivity contribution is 7.92. The van der Waals surface area contributed by atoms with Crippen molar-refractivity contribution in [1.29, 1.82) is 0 Å². The lowest BCUT2D eigenvalue weighted by Crippen LogP contribution is -2.15. The van der Waals surface area contributed by atoms with Crippen molar-refractivity contribution in [2.45, 2.75) is 4.90 Å². The van der Waals surface area contributed by atoms with E-state index in [2.05, 4.69) is 10.0 Å². The van der Waals surface area contributed by atoms with Crippen molar-refractivity contribution in [3.63, 3.8) is 0 Å². The Hall–Kier alpha value is -4.19. The van der Waals surface area contributed by atoms with E-state index in [4.69, 9.17) is 27.9 Å². The van der Waals surface area contributed by atoms with Crippen molar-refractivity contribution in [2.24, 2.45) is 0 Å². The Morgan fingerprint density at radius 3 is 2.18 bits per heavy atom. The number of amides is 1. The molecule has 200 valence electrons. The number of carboxylic acids is 1. The molecule has 8 nitrogen and oxygen atoms in total. The summed E-state index contributed by atoms with van der Waals surface area (Å²) in [4.78, 5) is 24.3. The van der Waals surface area contributed by atoms with Crippen LogP contribution in [0.15, 0.2) is 83.8 Å². The molecule has 39 heavy (non-hydrogen) atoms. The Morgan fingerprint density at radius 2 is 1.51 bits per heavy atom. The Labute approximate surface area is 230 Å². The minimum absolute atomic E-state index is 0.0129. The van der Waals surface area contributed by atoms with Gasteiger partial charge in [-0.3, -0.25) is 9.52 Å². The van der Waals surface area contributed by atoms with Crippen LogP contribution >= 0.6 is 23.2 Å². The second-order valence-electron chi connectivity index (χ2n) is 7.88. The lowest BCUT2D eigenvalue weighted by atomic mass is 10.1. The first kappa shape index (κ1) is 27.8. The van der Waals surface area contributed by atoms with Gasteiger partial charge in [-0.1, -0.05) is 29.3 Å². The number of nitrogens with one attached hydrogen (secondary N) is 2. The van der Waals surface area contributed by atoms with Gasteiger partial charge in [0.1, 0.15) is 11.5 Å². The standard InChI is InChI=1S/C26H16Cl2F2N2O6S/c27-20-3-1-2-18(24(20)28)25(33)31-23-11-7-16(13-19(23)26(34)35)38-15-5-8-17(9-6-15)39(36,37)32-14-4-10-21(29)22(30)12-14/h1-13,32H,(H,31,33)(H,34,35). The number of anilines is 2. The van der Waals surface area contributed by atoms with Crippen LogP contribution in [-0.2, 0) is 10.0 Å². The third kappa shape index (κ3) is 6.45. The van der Waals surface area contributed by atoms with Gasteiger partial charge in [-0.25, -0.2) is 22.0 Å². The van der Waals surface area contributed by atoms with Crippen LogP contribution in [-0.4, -0.2) is 25.4 Å². The van der Waals surface area contributed by atoms with Crippen LogP contribution < -0.4 is 14.8 Å². The molecular formula is C26H16Cl2F2N2O6S. The van der Waals surface area contributed by atoms with E-state index in [1.165, 1.54) is 60.7 Å². The number of benzene rings is 4. The fraction of sp³-hybridized carbons (Fsp3) is 0. The molecule has 4 aromatic rings. The predicted octanol–water partition coefficient (Wildman–Crippen LogP) is 6.82. The van der Waals surface area contributed by atoms with Gasteiger partial charge in [0.05, 0.1) is 37.4 Å². The molecule has 0 saturated heterocycles. The molecule has 1 amide bonds. The number of carbonyl (C=O) groups excluding carboxylic acids is 1. The number of rotatable bonds is 8. The molecule has 0 heterocycles. The summed E-state index contributed by atoms with van der Waals surface area (Å²) in [5, 5.41) is 12.3. The van der Waals surface area contributed by atoms with Gasteiger partial charge >= 0.3 is 5.97 Å². The van der Waals surface area contributed by atoms with Gasteiger partial charge in [-0.05, 0) is 66.7 Å². The zero-order valence-corrected chi connectivity index (χ0v) is 21.7. The molecule has 0 aromatic heterocycles. The Morgan fingerprint density at radius 1 is 0.821 bits per heavy atom. The molecule has 0 saturated carbocycles. The molecule has 0 fully saturated rings. The number of carbonyl (C=O) groups is 2. The number of halogens is 4. The number of hydrogen-bond donors (Lipinski definition) is 3. The van der Waals surface area contributed by atoms with Gasteiger partial charge < -0.3 is 15.2 Å². The molecule has 0 bridgehead atoms. The summed E-state index contributed by atoms with van der Waals surface area (Å²) in [6.07, 6.45) is 0. The molecule has 3 N–H and O–H groups in total. The Bertz CT molecular complexity index is 1700. The van der Waals surface area contributed by atoms with Crippen LogP contribution in [0.3, 0.4) is 0 Å². The summed E-state index contributed by atoms with van der Waals surface area (Å²) in [7, 11) is -4.13. The maximum Gasteiger partial charge on any atom is 0.337 e. The van der Waals surface area contributed by atoms with Crippen LogP contribution in [0.2, 0.25) is 10.0 Å². The third-order valence-corrected chi connectivity index (χ3v) is 7.42. The maximum atomic E-state index is 13.4. The van der Waals surface area contributed by atoms with E-state index in [9.17, 15) is 31.9 Å². The quantitative estimate of drug-likeness (QED) is 0.206. The average molecular weight is 593 g/mol. The molecule has 0 aliphatic carbocycles. The Balaban J connectivity index is 1.50. The first-order valence-corrected chi connectivity index (χ1v) is 13.1. The highest BCUT2D eigenvalue weighted by Gasteiger charge is 2.19. The van der Waals surface area contributed by atoms with Crippen molar-refractivity contribution < 1.29 is 36.6 Å². The molecule has 0 spiro atoms. The zero-order valence-electron chi connectivity index (χ0n) is 19.4. The van der Waals surface area contributed by atoms with Crippen LogP contribution in [0.5, 0.6) is 11.5 Å². The fourth-order valence-electron chi connectivity index (χ4n) is 3.34. The molecule has 0 unspecified atom stereocenters. The van der Waals surface area contributed by atoms with Crippen LogP contribution in [0, 0.1) is 11.6 Å². The van der Waals surface area contributed by atoms with Crippen LogP contribution in [0.4, 0.5) is 20.2 Å². The van der Waals surface area contributed by atoms with Gasteiger partial charge in [0.25, 0.3) is 15.9 Å². The van der Waals surface area contributed by atoms with Gasteiger partial charge in [0.2, 0.25) is 0 Å². The number of sulfonamides is 1.